The number of carbonyl (C=O) groups is 3. The van der Waals surface area contributed by atoms with Gasteiger partial charge in [-0.2, -0.15) is 0 Å². The zero-order chi connectivity index (χ0) is 19.8. The fourth-order valence-corrected chi connectivity index (χ4v) is 3.58. The van der Waals surface area contributed by atoms with Gasteiger partial charge in [-0.05, 0) is 48.5 Å². The zero-order valence-electron chi connectivity index (χ0n) is 15.9. The molecule has 0 spiro atoms. The molecule has 9 nitrogen and oxygen atoms in total. The second-order valence-corrected chi connectivity index (χ2v) is 8.38. The highest BCUT2D eigenvalue weighted by molar-refractivity contribution is 7.55. The van der Waals surface area contributed by atoms with Crippen LogP contribution >= 0.6 is 7.60 Å². The second-order valence-electron chi connectivity index (χ2n) is 6.27. The molecule has 0 aromatic rings. The third-order valence-electron chi connectivity index (χ3n) is 2.72. The molecular weight excluding hydrogens is 351 g/mol. The molecule has 0 saturated carbocycles. The summed E-state index contributed by atoms with van der Waals surface area (Å²) >= 11 is 0. The maximum Gasteiger partial charge on any atom is 0.408 e. The Balaban J connectivity index is 5.08. The van der Waals surface area contributed by atoms with E-state index in [-0.39, 0.29) is 13.2 Å². The molecule has 0 fully saturated rings. The average Bonchev–Trinajstić information content (AvgIpc) is 2.42. The van der Waals surface area contributed by atoms with Crippen LogP contribution < -0.4 is 10.6 Å². The molecule has 0 radical (unpaired) electrons. The smallest absolute Gasteiger partial charge is 0.408 e. The SMILES string of the molecule is CCOP(=O)(OCC)C(NC(=O)[C@H](C)NC(=O)OC(C)(C)C)C(C)=O. The van der Waals surface area contributed by atoms with Crippen molar-refractivity contribution in [1.82, 2.24) is 10.6 Å². The predicted octanol–water partition coefficient (Wildman–Crippen LogP) is 2.20. The molecule has 0 rings (SSSR count). The molecule has 0 aromatic heterocycles. The summed E-state index contributed by atoms with van der Waals surface area (Å²) in [7, 11) is -3.87. The molecule has 0 aliphatic rings. The topological polar surface area (TPSA) is 120 Å². The molecule has 0 bridgehead atoms. The van der Waals surface area contributed by atoms with Crippen LogP contribution in [0.25, 0.3) is 0 Å². The molecule has 0 aliphatic carbocycles. The minimum absolute atomic E-state index is 0.0443. The largest absolute Gasteiger partial charge is 0.444 e. The number of rotatable bonds is 9. The van der Waals surface area contributed by atoms with Crippen LogP contribution in [-0.4, -0.2) is 48.4 Å². The zero-order valence-corrected chi connectivity index (χ0v) is 16.8. The van der Waals surface area contributed by atoms with Crippen LogP contribution in [0.1, 0.15) is 48.5 Å². The van der Waals surface area contributed by atoms with Crippen molar-refractivity contribution in [2.45, 2.75) is 65.9 Å². The van der Waals surface area contributed by atoms with Crippen LogP contribution in [-0.2, 0) is 27.9 Å². The summed E-state index contributed by atoms with van der Waals surface area (Å²) in [6.07, 6.45) is -0.785. The Bertz CT molecular complexity index is 520. The lowest BCUT2D eigenvalue weighted by atomic mass is 10.2. The van der Waals surface area contributed by atoms with E-state index in [9.17, 15) is 18.9 Å². The Hall–Kier alpha value is -1.44. The molecule has 10 heteroatoms. The van der Waals surface area contributed by atoms with Crippen LogP contribution in [0.4, 0.5) is 4.79 Å². The Labute approximate surface area is 148 Å². The summed E-state index contributed by atoms with van der Waals surface area (Å²) in [6, 6.07) is -1.02. The van der Waals surface area contributed by atoms with Gasteiger partial charge < -0.3 is 24.4 Å². The quantitative estimate of drug-likeness (QED) is 0.588. The summed E-state index contributed by atoms with van der Waals surface area (Å²) in [6.45, 7) is 10.9. The molecule has 0 heterocycles. The molecule has 2 N–H and O–H groups in total. The van der Waals surface area contributed by atoms with Gasteiger partial charge in [0.2, 0.25) is 5.91 Å². The summed E-state index contributed by atoms with van der Waals surface area (Å²) in [5.74, 6) is -2.75. The van der Waals surface area contributed by atoms with Gasteiger partial charge in [0.1, 0.15) is 11.6 Å². The van der Waals surface area contributed by atoms with Gasteiger partial charge >= 0.3 is 13.7 Å². The highest BCUT2D eigenvalue weighted by Crippen LogP contribution is 2.52. The van der Waals surface area contributed by atoms with Crippen molar-refractivity contribution in [2.24, 2.45) is 0 Å². The Morgan fingerprint density at radius 2 is 1.52 bits per heavy atom. The molecule has 0 aliphatic heterocycles. The van der Waals surface area contributed by atoms with Crippen molar-refractivity contribution < 1.29 is 32.7 Å². The number of carbonyl (C=O) groups excluding carboxylic acids is 3. The number of ether oxygens (including phenoxy) is 1. The van der Waals surface area contributed by atoms with E-state index >= 15 is 0 Å². The number of alkyl carbamates (subject to hydrolysis) is 1. The first-order valence-corrected chi connectivity index (χ1v) is 9.66. The van der Waals surface area contributed by atoms with E-state index in [1.165, 1.54) is 13.8 Å². The van der Waals surface area contributed by atoms with Crippen LogP contribution in [0.3, 0.4) is 0 Å². The number of ketones is 1. The molecule has 2 amide bonds. The first kappa shape index (κ1) is 23.6. The maximum absolute atomic E-state index is 12.7. The monoisotopic (exact) mass is 380 g/mol. The first-order valence-electron chi connectivity index (χ1n) is 8.05. The van der Waals surface area contributed by atoms with Crippen molar-refractivity contribution in [2.75, 3.05) is 13.2 Å². The average molecular weight is 380 g/mol. The standard InChI is InChI=1S/C15H29N2O7P/c1-8-22-25(21,23-9-2)13(11(4)18)17-12(19)10(3)16-14(20)24-15(5,6)7/h10,13H,8-9H2,1-7H3,(H,16,20)(H,17,19)/t10-,13?/m0/s1. The maximum atomic E-state index is 12.7. The van der Waals surface area contributed by atoms with Gasteiger partial charge in [0, 0.05) is 0 Å². The molecule has 1 unspecified atom stereocenters. The number of hydrogen-bond donors (Lipinski definition) is 2. The minimum atomic E-state index is -3.87. The van der Waals surface area contributed by atoms with Crippen LogP contribution in [0.5, 0.6) is 0 Å². The lowest BCUT2D eigenvalue weighted by Crippen LogP contribution is -2.50. The minimum Gasteiger partial charge on any atom is -0.444 e. The van der Waals surface area contributed by atoms with E-state index in [1.807, 2.05) is 0 Å². The molecule has 0 aromatic carbocycles. The predicted molar refractivity (Wildman–Crippen MR) is 92.3 cm³/mol. The van der Waals surface area contributed by atoms with Crippen molar-refractivity contribution in [3.63, 3.8) is 0 Å². The summed E-state index contributed by atoms with van der Waals surface area (Å²) < 4.78 is 28.0. The molecule has 0 saturated heterocycles. The van der Waals surface area contributed by atoms with Crippen molar-refractivity contribution in [3.05, 3.63) is 0 Å². The van der Waals surface area contributed by atoms with Gasteiger partial charge in [-0.1, -0.05) is 0 Å². The highest BCUT2D eigenvalue weighted by Gasteiger charge is 2.41. The van der Waals surface area contributed by atoms with E-state index < -0.39 is 42.8 Å². The first-order chi connectivity index (χ1) is 11.4. The summed E-state index contributed by atoms with van der Waals surface area (Å²) in [5, 5.41) is 4.66. The lowest BCUT2D eigenvalue weighted by molar-refractivity contribution is -0.126. The van der Waals surface area contributed by atoms with Gasteiger partial charge in [0.05, 0.1) is 13.2 Å². The van der Waals surface area contributed by atoms with Crippen LogP contribution in [0, 0.1) is 0 Å². The fourth-order valence-electron chi connectivity index (χ4n) is 1.76. The van der Waals surface area contributed by atoms with Gasteiger partial charge in [-0.25, -0.2) is 4.79 Å². The molecule has 25 heavy (non-hydrogen) atoms. The van der Waals surface area contributed by atoms with Crippen LogP contribution in [0.15, 0.2) is 0 Å². The van der Waals surface area contributed by atoms with E-state index in [0.717, 1.165) is 0 Å². The fraction of sp³-hybridized carbons (Fsp3) is 0.800. The second kappa shape index (κ2) is 9.89. The third-order valence-corrected chi connectivity index (χ3v) is 5.09. The lowest BCUT2D eigenvalue weighted by Gasteiger charge is -2.26. The summed E-state index contributed by atoms with van der Waals surface area (Å²) in [5.41, 5.74) is -0.720. The van der Waals surface area contributed by atoms with E-state index in [4.69, 9.17) is 13.8 Å². The number of Topliss-reactive ketones (excluding diaryl/α,β-unsaturated/α-hetero) is 1. The normalized spacial score (nSPS) is 14.4. The molecular formula is C15H29N2O7P. The Morgan fingerprint density at radius 3 is 1.88 bits per heavy atom. The number of nitrogens with one attached hydrogen (secondary N) is 2. The van der Waals surface area contributed by atoms with Crippen LogP contribution in [0.2, 0.25) is 0 Å². The Morgan fingerprint density at radius 1 is 1.04 bits per heavy atom. The van der Waals surface area contributed by atoms with Crippen molar-refractivity contribution in [3.8, 4) is 0 Å². The van der Waals surface area contributed by atoms with E-state index in [1.54, 1.807) is 34.6 Å². The van der Waals surface area contributed by atoms with E-state index in [0.29, 0.717) is 0 Å². The Kier molecular flexibility index (Phi) is 9.32. The van der Waals surface area contributed by atoms with Gasteiger partial charge in [-0.15, -0.1) is 0 Å². The van der Waals surface area contributed by atoms with Gasteiger partial charge in [0.25, 0.3) is 0 Å². The number of hydrogen-bond acceptors (Lipinski definition) is 7. The van der Waals surface area contributed by atoms with E-state index in [2.05, 4.69) is 10.6 Å². The molecule has 2 atom stereocenters. The third kappa shape index (κ3) is 8.47. The van der Waals surface area contributed by atoms with Gasteiger partial charge in [-0.3, -0.25) is 14.2 Å². The summed E-state index contributed by atoms with van der Waals surface area (Å²) in [4.78, 5) is 35.8. The molecule has 146 valence electrons. The number of amides is 2. The van der Waals surface area contributed by atoms with Gasteiger partial charge in [0.15, 0.2) is 11.6 Å². The van der Waals surface area contributed by atoms with Crippen molar-refractivity contribution >= 4 is 25.4 Å². The highest BCUT2D eigenvalue weighted by atomic mass is 31.2. The van der Waals surface area contributed by atoms with Crippen molar-refractivity contribution in [1.29, 1.82) is 0 Å².